The maximum Gasteiger partial charge on any atom is 0.244 e. The fourth-order valence-corrected chi connectivity index (χ4v) is 3.33. The van der Waals surface area contributed by atoms with Gasteiger partial charge in [-0.15, -0.1) is 0 Å². The molecule has 0 heterocycles. The first kappa shape index (κ1) is 19.0. The number of amides is 1. The molecule has 25 heavy (non-hydrogen) atoms. The third-order valence-corrected chi connectivity index (χ3v) is 4.87. The van der Waals surface area contributed by atoms with E-state index in [1.165, 1.54) is 32.4 Å². The Balaban J connectivity index is 2.07. The average Bonchev–Trinajstić information content (AvgIpc) is 2.59. The third-order valence-electron chi connectivity index (χ3n) is 3.19. The van der Waals surface area contributed by atoms with Crippen molar-refractivity contribution in [2.45, 2.75) is 4.90 Å². The van der Waals surface area contributed by atoms with Crippen LogP contribution in [0.2, 0.25) is 5.02 Å². The van der Waals surface area contributed by atoms with Gasteiger partial charge in [0.05, 0.1) is 20.8 Å². The van der Waals surface area contributed by atoms with E-state index in [-0.39, 0.29) is 10.6 Å². The Morgan fingerprint density at radius 1 is 1.12 bits per heavy atom. The quantitative estimate of drug-likeness (QED) is 0.763. The molecule has 1 amide bonds. The predicted octanol–water partition coefficient (Wildman–Crippen LogP) is 2.27. The standard InChI is InChI=1S/C16H17ClN2O5S/c1-23-13-6-7-15(14(9-13)24-2)25(21,22)18-10-16(20)19-12-5-3-4-11(17)8-12/h3-9,18H,10H2,1-2H3,(H,19,20). The molecule has 2 aromatic rings. The van der Waals surface area contributed by atoms with E-state index in [2.05, 4.69) is 10.0 Å². The molecule has 0 aliphatic rings. The van der Waals surface area contributed by atoms with Gasteiger partial charge < -0.3 is 14.8 Å². The summed E-state index contributed by atoms with van der Waals surface area (Å²) >= 11 is 5.83. The van der Waals surface area contributed by atoms with Gasteiger partial charge in [-0.05, 0) is 30.3 Å². The molecule has 0 saturated carbocycles. The zero-order valence-corrected chi connectivity index (χ0v) is 15.1. The fraction of sp³-hybridized carbons (Fsp3) is 0.188. The van der Waals surface area contributed by atoms with Crippen LogP contribution in [0.25, 0.3) is 0 Å². The predicted molar refractivity (Wildman–Crippen MR) is 94.8 cm³/mol. The molecule has 0 aliphatic carbocycles. The summed E-state index contributed by atoms with van der Waals surface area (Å²) in [5, 5.41) is 3.01. The van der Waals surface area contributed by atoms with Crippen molar-refractivity contribution in [1.29, 1.82) is 0 Å². The molecule has 9 heteroatoms. The number of carbonyl (C=O) groups excluding carboxylic acids is 1. The number of methoxy groups -OCH3 is 2. The first-order chi connectivity index (χ1) is 11.9. The Bertz CT molecular complexity index is 871. The summed E-state index contributed by atoms with van der Waals surface area (Å²) < 4.78 is 37.1. The molecule has 0 unspecified atom stereocenters. The lowest BCUT2D eigenvalue weighted by Gasteiger charge is -2.12. The van der Waals surface area contributed by atoms with Gasteiger partial charge in [0.1, 0.15) is 16.4 Å². The van der Waals surface area contributed by atoms with Crippen molar-refractivity contribution in [3.63, 3.8) is 0 Å². The summed E-state index contributed by atoms with van der Waals surface area (Å²) in [6.07, 6.45) is 0. The molecule has 0 atom stereocenters. The Morgan fingerprint density at radius 3 is 2.52 bits per heavy atom. The minimum atomic E-state index is -3.94. The van der Waals surface area contributed by atoms with E-state index in [1.807, 2.05) is 0 Å². The lowest BCUT2D eigenvalue weighted by Crippen LogP contribution is -2.33. The van der Waals surface area contributed by atoms with Crippen LogP contribution in [0.5, 0.6) is 11.5 Å². The van der Waals surface area contributed by atoms with Crippen molar-refractivity contribution in [3.05, 3.63) is 47.5 Å². The topological polar surface area (TPSA) is 93.7 Å². The summed E-state index contributed by atoms with van der Waals surface area (Å²) in [5.74, 6) is 0.0370. The zero-order chi connectivity index (χ0) is 18.4. The van der Waals surface area contributed by atoms with Gasteiger partial charge in [0.15, 0.2) is 0 Å². The maximum atomic E-state index is 12.4. The second kappa shape index (κ2) is 8.19. The Labute approximate surface area is 151 Å². The van der Waals surface area contributed by atoms with Gasteiger partial charge in [0.25, 0.3) is 0 Å². The molecular formula is C16H17ClN2O5S. The van der Waals surface area contributed by atoms with E-state index in [1.54, 1.807) is 24.3 Å². The van der Waals surface area contributed by atoms with Crippen LogP contribution in [-0.2, 0) is 14.8 Å². The molecule has 0 bridgehead atoms. The van der Waals surface area contributed by atoms with E-state index < -0.39 is 22.5 Å². The molecule has 0 radical (unpaired) electrons. The summed E-state index contributed by atoms with van der Waals surface area (Å²) in [7, 11) is -1.13. The molecule has 134 valence electrons. The molecule has 0 saturated heterocycles. The second-order valence-corrected chi connectivity index (χ2v) is 7.07. The SMILES string of the molecule is COc1ccc(S(=O)(=O)NCC(=O)Nc2cccc(Cl)c2)c(OC)c1. The number of hydrogen-bond acceptors (Lipinski definition) is 5. The summed E-state index contributed by atoms with van der Waals surface area (Å²) in [5.41, 5.74) is 0.471. The third kappa shape index (κ3) is 5.09. The Morgan fingerprint density at radius 2 is 1.88 bits per heavy atom. The highest BCUT2D eigenvalue weighted by Crippen LogP contribution is 2.28. The van der Waals surface area contributed by atoms with Crippen molar-refractivity contribution in [2.24, 2.45) is 0 Å². The number of anilines is 1. The van der Waals surface area contributed by atoms with Crippen molar-refractivity contribution >= 4 is 33.2 Å². The zero-order valence-electron chi connectivity index (χ0n) is 13.6. The van der Waals surface area contributed by atoms with Crippen LogP contribution in [0.15, 0.2) is 47.4 Å². The maximum absolute atomic E-state index is 12.4. The fourth-order valence-electron chi connectivity index (χ4n) is 2.01. The number of rotatable bonds is 7. The summed E-state index contributed by atoms with van der Waals surface area (Å²) in [4.78, 5) is 11.8. The van der Waals surface area contributed by atoms with E-state index in [4.69, 9.17) is 21.1 Å². The van der Waals surface area contributed by atoms with Gasteiger partial charge >= 0.3 is 0 Å². The van der Waals surface area contributed by atoms with Crippen LogP contribution in [0.3, 0.4) is 0 Å². The molecule has 0 aromatic heterocycles. The molecule has 0 spiro atoms. The number of benzene rings is 2. The molecule has 2 aromatic carbocycles. The number of hydrogen-bond donors (Lipinski definition) is 2. The van der Waals surface area contributed by atoms with Crippen LogP contribution in [-0.4, -0.2) is 35.1 Å². The Kier molecular flexibility index (Phi) is 6.24. The Hall–Kier alpha value is -2.29. The minimum absolute atomic E-state index is 0.0913. The molecule has 2 rings (SSSR count). The van der Waals surface area contributed by atoms with E-state index in [9.17, 15) is 13.2 Å². The van der Waals surface area contributed by atoms with Gasteiger partial charge in [-0.2, -0.15) is 0 Å². The molecule has 0 fully saturated rings. The van der Waals surface area contributed by atoms with Crippen molar-refractivity contribution in [2.75, 3.05) is 26.1 Å². The number of nitrogens with one attached hydrogen (secondary N) is 2. The van der Waals surface area contributed by atoms with E-state index >= 15 is 0 Å². The van der Waals surface area contributed by atoms with E-state index in [0.717, 1.165) is 0 Å². The van der Waals surface area contributed by atoms with Crippen LogP contribution < -0.4 is 19.5 Å². The van der Waals surface area contributed by atoms with Crippen LogP contribution in [0.1, 0.15) is 0 Å². The first-order valence-electron chi connectivity index (χ1n) is 7.13. The molecule has 7 nitrogen and oxygen atoms in total. The molecule has 2 N–H and O–H groups in total. The highest BCUT2D eigenvalue weighted by atomic mass is 35.5. The lowest BCUT2D eigenvalue weighted by atomic mass is 10.3. The second-order valence-electron chi connectivity index (χ2n) is 4.90. The van der Waals surface area contributed by atoms with Crippen LogP contribution >= 0.6 is 11.6 Å². The lowest BCUT2D eigenvalue weighted by molar-refractivity contribution is -0.115. The molecule has 0 aliphatic heterocycles. The van der Waals surface area contributed by atoms with Gasteiger partial charge in [-0.25, -0.2) is 13.1 Å². The van der Waals surface area contributed by atoms with Gasteiger partial charge in [0.2, 0.25) is 15.9 Å². The minimum Gasteiger partial charge on any atom is -0.497 e. The van der Waals surface area contributed by atoms with E-state index in [0.29, 0.717) is 16.5 Å². The largest absolute Gasteiger partial charge is 0.497 e. The smallest absolute Gasteiger partial charge is 0.244 e. The highest BCUT2D eigenvalue weighted by molar-refractivity contribution is 7.89. The number of ether oxygens (including phenoxy) is 2. The van der Waals surface area contributed by atoms with Gasteiger partial charge in [0, 0.05) is 16.8 Å². The summed E-state index contributed by atoms with van der Waals surface area (Å²) in [6.45, 7) is -0.440. The normalized spacial score (nSPS) is 11.0. The highest BCUT2D eigenvalue weighted by Gasteiger charge is 2.21. The number of sulfonamides is 1. The van der Waals surface area contributed by atoms with Crippen LogP contribution in [0.4, 0.5) is 5.69 Å². The first-order valence-corrected chi connectivity index (χ1v) is 8.99. The van der Waals surface area contributed by atoms with Crippen molar-refractivity contribution < 1.29 is 22.7 Å². The monoisotopic (exact) mass is 384 g/mol. The van der Waals surface area contributed by atoms with Crippen molar-refractivity contribution in [1.82, 2.24) is 4.72 Å². The number of carbonyl (C=O) groups is 1. The molecular weight excluding hydrogens is 368 g/mol. The summed E-state index contributed by atoms with van der Waals surface area (Å²) in [6, 6.07) is 10.8. The van der Waals surface area contributed by atoms with Gasteiger partial charge in [-0.1, -0.05) is 17.7 Å². The van der Waals surface area contributed by atoms with Gasteiger partial charge in [-0.3, -0.25) is 4.79 Å². The average molecular weight is 385 g/mol. The van der Waals surface area contributed by atoms with Crippen molar-refractivity contribution in [3.8, 4) is 11.5 Å². The number of halogens is 1. The van der Waals surface area contributed by atoms with Crippen LogP contribution in [0, 0.1) is 0 Å².